The van der Waals surface area contributed by atoms with Crippen molar-refractivity contribution in [1.29, 1.82) is 0 Å². The van der Waals surface area contributed by atoms with Gasteiger partial charge in [0, 0.05) is 64.9 Å². The number of benzene rings is 5. The first-order chi connectivity index (χ1) is 23.8. The van der Waals surface area contributed by atoms with Crippen LogP contribution in [-0.4, -0.2) is 14.4 Å². The van der Waals surface area contributed by atoms with Gasteiger partial charge in [-0.3, -0.25) is 0 Å². The molecule has 0 amide bonds. The van der Waals surface area contributed by atoms with Gasteiger partial charge in [-0.1, -0.05) is 74.7 Å². The summed E-state index contributed by atoms with van der Waals surface area (Å²) >= 11 is 0. The van der Waals surface area contributed by atoms with Crippen LogP contribution in [-0.2, 0) is 25.5 Å². The van der Waals surface area contributed by atoms with Gasteiger partial charge in [-0.05, 0) is 70.7 Å². The number of aromatic nitrogens is 3. The maximum absolute atomic E-state index is 6.53. The summed E-state index contributed by atoms with van der Waals surface area (Å²) in [7, 11) is 0. The minimum absolute atomic E-state index is 0. The molecule has 0 aliphatic carbocycles. The molecule has 5 heterocycles. The molecule has 1 radical (unpaired) electrons. The number of hydrogen-bond acceptors (Lipinski definition) is 3. The van der Waals surface area contributed by atoms with Gasteiger partial charge in [-0.2, -0.15) is 0 Å². The maximum atomic E-state index is 6.53. The molecule has 0 spiro atoms. The fourth-order valence-corrected chi connectivity index (χ4v) is 7.08. The molecule has 0 aliphatic rings. The van der Waals surface area contributed by atoms with Gasteiger partial charge < -0.3 is 18.8 Å². The Bertz CT molecular complexity index is 2750. The Kier molecular flexibility index (Phi) is 7.79. The zero-order chi connectivity index (χ0) is 33.3. The van der Waals surface area contributed by atoms with Gasteiger partial charge in [-0.15, -0.1) is 59.7 Å². The number of nitrogens with zero attached hydrogens (tertiary/aromatic N) is 3. The summed E-state index contributed by atoms with van der Waals surface area (Å²) in [5.74, 6) is 0. The molecule has 4 nitrogen and oxygen atoms in total. The normalized spacial score (nSPS) is 11.8. The molecule has 50 heavy (non-hydrogen) atoms. The summed E-state index contributed by atoms with van der Waals surface area (Å²) in [6.07, 6.45) is 3.71. The molecule has 0 bridgehead atoms. The van der Waals surface area contributed by atoms with E-state index in [1.807, 2.05) is 48.7 Å². The summed E-state index contributed by atoms with van der Waals surface area (Å²) in [6.45, 7) is 8.85. The van der Waals surface area contributed by atoms with Crippen molar-refractivity contribution < 1.29 is 24.5 Å². The van der Waals surface area contributed by atoms with E-state index < -0.39 is 0 Å². The number of pyridine rings is 2. The average molecular weight is 824 g/mol. The third-order valence-electron chi connectivity index (χ3n) is 9.53. The van der Waals surface area contributed by atoms with Crippen LogP contribution >= 0.6 is 0 Å². The van der Waals surface area contributed by atoms with Gasteiger partial charge in [0.25, 0.3) is 0 Å². The number of rotatable bonds is 2. The zero-order valence-electron chi connectivity index (χ0n) is 28.2. The molecule has 245 valence electrons. The Morgan fingerprint density at radius 3 is 2.22 bits per heavy atom. The van der Waals surface area contributed by atoms with E-state index in [9.17, 15) is 0 Å². The predicted octanol–water partition coefficient (Wildman–Crippen LogP) is 11.8. The number of aryl methyl sites for hydroxylation is 1. The second-order valence-corrected chi connectivity index (χ2v) is 13.8. The Hall–Kier alpha value is -5.35. The monoisotopic (exact) mass is 824 g/mol. The molecule has 5 heteroatoms. The fourth-order valence-electron chi connectivity index (χ4n) is 7.08. The topological polar surface area (TPSA) is 43.3 Å². The van der Waals surface area contributed by atoms with Crippen LogP contribution in [0.4, 0.5) is 0 Å². The molecule has 5 aromatic carbocycles. The molecular weight excluding hydrogens is 791 g/mol. The van der Waals surface area contributed by atoms with E-state index >= 15 is 0 Å². The van der Waals surface area contributed by atoms with Crippen molar-refractivity contribution in [3.63, 3.8) is 0 Å². The Morgan fingerprint density at radius 1 is 0.640 bits per heavy atom. The van der Waals surface area contributed by atoms with Crippen molar-refractivity contribution in [3.8, 4) is 22.5 Å². The second-order valence-electron chi connectivity index (χ2n) is 13.8. The molecule has 0 unspecified atom stereocenters. The number of hydrogen-bond donors (Lipinski definition) is 0. The summed E-state index contributed by atoms with van der Waals surface area (Å²) in [6, 6.07) is 46.5. The first kappa shape index (κ1) is 31.9. The molecular formula is C45H33IrN3O-2. The minimum atomic E-state index is 0. The largest absolute Gasteiger partial charge is 0.456 e. The summed E-state index contributed by atoms with van der Waals surface area (Å²) in [5, 5.41) is 7.27. The SMILES string of the molecule is Cc1ccc(-c2[c-]cc3c(c2)c2c4c(cc5c6ccccc6n3c52)oc2ccc(C(C)(C)C)cc24)nc1.[Ir].[c-]1ccccc1-c1ccccn1. The van der Waals surface area contributed by atoms with Gasteiger partial charge >= 0.3 is 0 Å². The number of furan rings is 1. The molecule has 0 fully saturated rings. The third-order valence-corrected chi connectivity index (χ3v) is 9.53. The first-order valence-electron chi connectivity index (χ1n) is 16.7. The maximum Gasteiger partial charge on any atom is 0.136 e. The van der Waals surface area contributed by atoms with Crippen molar-refractivity contribution >= 4 is 60.0 Å². The summed E-state index contributed by atoms with van der Waals surface area (Å²) < 4.78 is 8.93. The molecule has 10 rings (SSSR count). The van der Waals surface area contributed by atoms with Gasteiger partial charge in [0.15, 0.2) is 0 Å². The molecule has 10 aromatic rings. The van der Waals surface area contributed by atoms with Crippen molar-refractivity contribution in [3.05, 3.63) is 151 Å². The standard InChI is InChI=1S/C34H25N2O.C11H8N.Ir/c1-19-9-12-26(35-18-19)20-10-13-28-24(15-20)32-31-25-16-21(34(2,3)4)11-14-29(25)37-30(31)17-23-22-7-5-6-8-27(22)36(28)33(23)32;1-2-6-10(7-3-1)11-8-4-5-9-12-11;/h5-9,11-18H,1-4H3;1-6,8-9H;/q2*-1;. The van der Waals surface area contributed by atoms with Crippen molar-refractivity contribution in [2.45, 2.75) is 33.1 Å². The van der Waals surface area contributed by atoms with Crippen LogP contribution in [0, 0.1) is 19.1 Å². The van der Waals surface area contributed by atoms with Gasteiger partial charge in [0.1, 0.15) is 11.2 Å². The molecule has 0 N–H and O–H groups in total. The Balaban J connectivity index is 0.000000236. The molecule has 5 aromatic heterocycles. The minimum Gasteiger partial charge on any atom is -0.456 e. The summed E-state index contributed by atoms with van der Waals surface area (Å²) in [5.41, 5.74) is 11.9. The van der Waals surface area contributed by atoms with Gasteiger partial charge in [0.2, 0.25) is 0 Å². The Labute approximate surface area is 304 Å². The smallest absolute Gasteiger partial charge is 0.136 e. The van der Waals surface area contributed by atoms with Crippen LogP contribution in [0.5, 0.6) is 0 Å². The van der Waals surface area contributed by atoms with E-state index in [1.165, 1.54) is 48.9 Å². The van der Waals surface area contributed by atoms with E-state index in [4.69, 9.17) is 9.40 Å². The number of para-hydroxylation sites is 1. The van der Waals surface area contributed by atoms with Crippen molar-refractivity contribution in [2.24, 2.45) is 0 Å². The number of fused-ring (bicyclic) bond motifs is 10. The van der Waals surface area contributed by atoms with Crippen LogP contribution in [0.1, 0.15) is 31.9 Å². The van der Waals surface area contributed by atoms with Gasteiger partial charge in [0.05, 0.1) is 5.52 Å². The van der Waals surface area contributed by atoms with E-state index in [-0.39, 0.29) is 25.5 Å². The van der Waals surface area contributed by atoms with E-state index in [0.29, 0.717) is 0 Å². The quantitative estimate of drug-likeness (QED) is 0.163. The molecule has 0 atom stereocenters. The zero-order valence-corrected chi connectivity index (χ0v) is 30.6. The van der Waals surface area contributed by atoms with Crippen LogP contribution in [0.2, 0.25) is 0 Å². The van der Waals surface area contributed by atoms with Crippen molar-refractivity contribution in [1.82, 2.24) is 14.4 Å². The van der Waals surface area contributed by atoms with Gasteiger partial charge in [-0.25, -0.2) is 0 Å². The van der Waals surface area contributed by atoms with E-state index in [1.54, 1.807) is 6.20 Å². The fraction of sp³-hybridized carbons (Fsp3) is 0.111. The van der Waals surface area contributed by atoms with Crippen LogP contribution in [0.3, 0.4) is 0 Å². The third kappa shape index (κ3) is 5.17. The Morgan fingerprint density at radius 2 is 1.46 bits per heavy atom. The van der Waals surface area contributed by atoms with Crippen LogP contribution in [0.15, 0.2) is 132 Å². The average Bonchev–Trinajstić information content (AvgIpc) is 3.78. The van der Waals surface area contributed by atoms with E-state index in [2.05, 4.69) is 122 Å². The molecule has 0 saturated heterocycles. The van der Waals surface area contributed by atoms with E-state index in [0.717, 1.165) is 44.8 Å². The molecule has 0 saturated carbocycles. The second kappa shape index (κ2) is 12.2. The summed E-state index contributed by atoms with van der Waals surface area (Å²) in [4.78, 5) is 8.91. The predicted molar refractivity (Wildman–Crippen MR) is 202 cm³/mol. The first-order valence-corrected chi connectivity index (χ1v) is 16.7. The van der Waals surface area contributed by atoms with Crippen molar-refractivity contribution in [2.75, 3.05) is 0 Å². The molecule has 0 aliphatic heterocycles. The van der Waals surface area contributed by atoms with Crippen LogP contribution < -0.4 is 0 Å². The van der Waals surface area contributed by atoms with Crippen LogP contribution in [0.25, 0.3) is 82.5 Å².